The topological polar surface area (TPSA) is 78.9 Å². The third kappa shape index (κ3) is 9.13. The van der Waals surface area contributed by atoms with E-state index < -0.39 is 47.7 Å². The molecule has 6 nitrogen and oxygen atoms in total. The van der Waals surface area contributed by atoms with Crippen LogP contribution in [0.15, 0.2) is 72.8 Å². The largest absolute Gasteiger partial charge is 0.459 e. The quantitative estimate of drug-likeness (QED) is 0.119. The molecule has 0 amide bonds. The molecule has 0 saturated carbocycles. The molecule has 1 unspecified atom stereocenters. The summed E-state index contributed by atoms with van der Waals surface area (Å²) >= 11 is 0. The molecular formula is C34H40F3O6P. The number of ether oxygens (including phenoxy) is 1. The zero-order chi connectivity index (χ0) is 33.1. The molecule has 0 heterocycles. The third-order valence-corrected chi connectivity index (χ3v) is 8.73. The summed E-state index contributed by atoms with van der Waals surface area (Å²) in [4.78, 5) is 26.0. The molecule has 0 fully saturated rings. The van der Waals surface area contributed by atoms with Crippen molar-refractivity contribution in [3.8, 4) is 0 Å². The number of hydrogen-bond acceptors (Lipinski definition) is 6. The average Bonchev–Trinajstić information content (AvgIpc) is 2.89. The first kappa shape index (κ1) is 35.2. The van der Waals surface area contributed by atoms with Crippen molar-refractivity contribution in [1.82, 2.24) is 0 Å². The van der Waals surface area contributed by atoms with Gasteiger partial charge in [0.05, 0.1) is 28.8 Å². The van der Waals surface area contributed by atoms with E-state index in [0.29, 0.717) is 16.7 Å². The van der Waals surface area contributed by atoms with E-state index in [-0.39, 0.29) is 23.9 Å². The smallest absolute Gasteiger partial charge is 0.405 e. The summed E-state index contributed by atoms with van der Waals surface area (Å²) in [5, 5.41) is 0. The maximum atomic E-state index is 15.9. The second kappa shape index (κ2) is 13.4. The molecule has 3 rings (SSSR count). The molecule has 1 atom stereocenters. The number of rotatable bonds is 11. The molecule has 0 spiro atoms. The minimum Gasteiger partial charge on any atom is -0.459 e. The lowest BCUT2D eigenvalue weighted by Crippen LogP contribution is -2.30. The Labute approximate surface area is 257 Å². The van der Waals surface area contributed by atoms with Crippen LogP contribution >= 0.6 is 7.60 Å². The molecule has 3 aromatic rings. The number of halogens is 3. The van der Waals surface area contributed by atoms with Gasteiger partial charge in [-0.15, -0.1) is 0 Å². The zero-order valence-electron chi connectivity index (χ0n) is 26.3. The maximum Gasteiger partial charge on any atom is 0.405 e. The summed E-state index contributed by atoms with van der Waals surface area (Å²) in [7, 11) is -5.02. The second-order valence-electron chi connectivity index (χ2n) is 12.8. The van der Waals surface area contributed by atoms with Crippen molar-refractivity contribution in [2.45, 2.75) is 90.7 Å². The summed E-state index contributed by atoms with van der Waals surface area (Å²) in [6, 6.07) is 16.7. The van der Waals surface area contributed by atoms with E-state index in [1.165, 1.54) is 77.9 Å². The Morgan fingerprint density at radius 1 is 0.750 bits per heavy atom. The van der Waals surface area contributed by atoms with Crippen LogP contribution in [0.4, 0.5) is 13.2 Å². The molecule has 238 valence electrons. The number of Topliss-reactive ketones (excluding diaryl/α,β-unsaturated/α-hetero) is 1. The Bertz CT molecular complexity index is 1470. The summed E-state index contributed by atoms with van der Waals surface area (Å²) in [5.74, 6) is -2.11. The number of carbonyl (C=O) groups excluding carboxylic acids is 2. The van der Waals surface area contributed by atoms with Gasteiger partial charge in [-0.2, -0.15) is 8.78 Å². The Morgan fingerprint density at radius 2 is 1.23 bits per heavy atom. The van der Waals surface area contributed by atoms with E-state index in [0.717, 1.165) is 12.1 Å². The predicted molar refractivity (Wildman–Crippen MR) is 164 cm³/mol. The van der Waals surface area contributed by atoms with E-state index in [1.54, 1.807) is 38.1 Å². The molecule has 0 aliphatic heterocycles. The van der Waals surface area contributed by atoms with Crippen LogP contribution in [-0.2, 0) is 30.4 Å². The Hall–Kier alpha value is -3.26. The molecular weight excluding hydrogens is 592 g/mol. The van der Waals surface area contributed by atoms with E-state index in [4.69, 9.17) is 13.8 Å². The van der Waals surface area contributed by atoms with E-state index in [9.17, 15) is 18.5 Å². The average molecular weight is 633 g/mol. The van der Waals surface area contributed by atoms with Gasteiger partial charge < -0.3 is 4.74 Å². The monoisotopic (exact) mass is 632 g/mol. The van der Waals surface area contributed by atoms with Crippen LogP contribution in [0.25, 0.3) is 0 Å². The van der Waals surface area contributed by atoms with Crippen LogP contribution < -0.4 is 0 Å². The number of ketones is 1. The van der Waals surface area contributed by atoms with E-state index in [1.807, 2.05) is 0 Å². The van der Waals surface area contributed by atoms with Gasteiger partial charge in [0.25, 0.3) is 0 Å². The minimum atomic E-state index is -5.02. The highest BCUT2D eigenvalue weighted by Crippen LogP contribution is 2.69. The van der Waals surface area contributed by atoms with Gasteiger partial charge in [-0.3, -0.25) is 18.4 Å². The number of carbonyl (C=O) groups is 2. The number of alkyl halides is 2. The van der Waals surface area contributed by atoms with Gasteiger partial charge >= 0.3 is 19.2 Å². The van der Waals surface area contributed by atoms with Crippen molar-refractivity contribution in [3.05, 3.63) is 106 Å². The van der Waals surface area contributed by atoms with E-state index >= 15 is 8.78 Å². The summed E-state index contributed by atoms with van der Waals surface area (Å²) in [5.41, 5.74) is -5.22. The van der Waals surface area contributed by atoms with Crippen LogP contribution in [0.5, 0.6) is 0 Å². The number of hydrogen-bond donors (Lipinski definition) is 0. The predicted octanol–water partition coefficient (Wildman–Crippen LogP) is 9.47. The van der Waals surface area contributed by atoms with Gasteiger partial charge in [0, 0.05) is 11.1 Å². The minimum absolute atomic E-state index is 0.104. The molecule has 0 radical (unpaired) electrons. The lowest BCUT2D eigenvalue weighted by molar-refractivity contribution is -0.0213. The van der Waals surface area contributed by atoms with Crippen molar-refractivity contribution in [2.75, 3.05) is 0 Å². The number of esters is 1. The molecule has 0 N–H and O–H groups in total. The molecule has 44 heavy (non-hydrogen) atoms. The Kier molecular flexibility index (Phi) is 10.7. The fourth-order valence-electron chi connectivity index (χ4n) is 4.40. The van der Waals surface area contributed by atoms with Crippen LogP contribution in [0.3, 0.4) is 0 Å². The van der Waals surface area contributed by atoms with Crippen molar-refractivity contribution in [3.63, 3.8) is 0 Å². The molecule has 0 aliphatic rings. The lowest BCUT2D eigenvalue weighted by atomic mass is 9.85. The normalized spacial score (nSPS) is 13.5. The van der Waals surface area contributed by atoms with Crippen molar-refractivity contribution in [2.24, 2.45) is 0 Å². The first-order valence-corrected chi connectivity index (χ1v) is 15.8. The van der Waals surface area contributed by atoms with Crippen molar-refractivity contribution in [1.29, 1.82) is 0 Å². The fraction of sp³-hybridized carbons (Fsp3) is 0.412. The van der Waals surface area contributed by atoms with E-state index in [2.05, 4.69) is 0 Å². The van der Waals surface area contributed by atoms with Gasteiger partial charge in [0.1, 0.15) is 5.82 Å². The Morgan fingerprint density at radius 3 is 1.68 bits per heavy atom. The highest BCUT2D eigenvalue weighted by atomic mass is 31.2. The molecule has 0 aromatic heterocycles. The van der Waals surface area contributed by atoms with Crippen LogP contribution in [0.1, 0.15) is 98.7 Å². The standard InChI is InChI=1S/C34H40F3O6P/c1-22(2)41-31(39)26-13-11-24(12-14-26)29(30(38)25-15-19-28(35)20-16-25)21-23-9-17-27(18-10-23)34(36,37)44(40,42-32(3,4)5)43-33(6,7)8/h9-20,22,29H,21H2,1-8H3. The van der Waals surface area contributed by atoms with Gasteiger partial charge in [-0.05, 0) is 109 Å². The second-order valence-corrected chi connectivity index (χ2v) is 14.8. The SMILES string of the molecule is CC(C)OC(=O)c1ccc(C(Cc2ccc(C(F)(F)P(=O)(OC(C)(C)C)OC(C)(C)C)cc2)C(=O)c2ccc(F)cc2)cc1. The molecule has 3 aromatic carbocycles. The summed E-state index contributed by atoms with van der Waals surface area (Å²) in [6.45, 7) is 12.6. The van der Waals surface area contributed by atoms with Gasteiger partial charge in [-0.1, -0.05) is 36.4 Å². The highest BCUT2D eigenvalue weighted by Gasteiger charge is 2.58. The van der Waals surface area contributed by atoms with Crippen LogP contribution in [0, 0.1) is 5.82 Å². The van der Waals surface area contributed by atoms with Gasteiger partial charge in [-0.25, -0.2) is 9.18 Å². The summed E-state index contributed by atoms with van der Waals surface area (Å²) in [6.07, 6.45) is -0.203. The third-order valence-electron chi connectivity index (χ3n) is 6.21. The van der Waals surface area contributed by atoms with Crippen molar-refractivity contribution >= 4 is 19.3 Å². The van der Waals surface area contributed by atoms with Gasteiger partial charge in [0.2, 0.25) is 0 Å². The number of benzene rings is 3. The highest BCUT2D eigenvalue weighted by molar-refractivity contribution is 7.54. The maximum absolute atomic E-state index is 15.9. The molecule has 0 aliphatic carbocycles. The lowest BCUT2D eigenvalue weighted by Gasteiger charge is -2.36. The zero-order valence-corrected chi connectivity index (χ0v) is 27.2. The van der Waals surface area contributed by atoms with Crippen LogP contribution in [0.2, 0.25) is 0 Å². The Balaban J connectivity index is 1.97. The molecule has 0 bridgehead atoms. The van der Waals surface area contributed by atoms with Crippen molar-refractivity contribution < 1.29 is 41.1 Å². The van der Waals surface area contributed by atoms with Crippen LogP contribution in [-0.4, -0.2) is 29.1 Å². The first-order chi connectivity index (χ1) is 20.2. The summed E-state index contributed by atoms with van der Waals surface area (Å²) < 4.78 is 74.9. The fourth-order valence-corrected chi connectivity index (χ4v) is 6.57. The first-order valence-electron chi connectivity index (χ1n) is 14.3. The molecule has 10 heteroatoms. The van der Waals surface area contributed by atoms with Gasteiger partial charge in [0.15, 0.2) is 5.78 Å². The molecule has 0 saturated heterocycles.